The SMILES string of the molecule is CCOC(=O)c1c(-c2ccc(Cl)cc2)csc1NC(=O)CSc1cc(C)c2cc(C)cc(C)c2n1. The van der Waals surface area contributed by atoms with E-state index >= 15 is 0 Å². The lowest BCUT2D eigenvalue weighted by molar-refractivity contribution is -0.113. The summed E-state index contributed by atoms with van der Waals surface area (Å²) in [6, 6.07) is 13.5. The van der Waals surface area contributed by atoms with Gasteiger partial charge in [0.2, 0.25) is 5.91 Å². The van der Waals surface area contributed by atoms with E-state index in [9.17, 15) is 9.59 Å². The first-order chi connectivity index (χ1) is 16.8. The number of thiophene rings is 1. The van der Waals surface area contributed by atoms with E-state index in [1.807, 2.05) is 23.6 Å². The van der Waals surface area contributed by atoms with Gasteiger partial charge in [-0.05, 0) is 68.7 Å². The van der Waals surface area contributed by atoms with Gasteiger partial charge >= 0.3 is 5.97 Å². The normalized spacial score (nSPS) is 11.0. The molecule has 0 saturated carbocycles. The van der Waals surface area contributed by atoms with E-state index in [4.69, 9.17) is 21.3 Å². The van der Waals surface area contributed by atoms with Crippen molar-refractivity contribution < 1.29 is 14.3 Å². The van der Waals surface area contributed by atoms with Crippen LogP contribution in [-0.2, 0) is 9.53 Å². The molecule has 35 heavy (non-hydrogen) atoms. The monoisotopic (exact) mass is 524 g/mol. The minimum atomic E-state index is -0.473. The highest BCUT2D eigenvalue weighted by Crippen LogP contribution is 2.37. The average Bonchev–Trinajstić information content (AvgIpc) is 3.22. The molecule has 0 spiro atoms. The van der Waals surface area contributed by atoms with Crippen molar-refractivity contribution >= 4 is 62.5 Å². The molecule has 2 aromatic carbocycles. The topological polar surface area (TPSA) is 68.3 Å². The summed E-state index contributed by atoms with van der Waals surface area (Å²) in [5.74, 6) is -0.524. The molecule has 0 fully saturated rings. The van der Waals surface area contributed by atoms with E-state index in [2.05, 4.69) is 38.2 Å². The Morgan fingerprint density at radius 2 is 1.83 bits per heavy atom. The number of rotatable bonds is 7. The number of thioether (sulfide) groups is 1. The number of nitrogens with zero attached hydrogens (tertiary/aromatic N) is 1. The summed E-state index contributed by atoms with van der Waals surface area (Å²) in [6.45, 7) is 8.18. The zero-order valence-electron chi connectivity index (χ0n) is 19.9. The van der Waals surface area contributed by atoms with Crippen LogP contribution in [0.4, 0.5) is 5.00 Å². The van der Waals surface area contributed by atoms with Gasteiger partial charge in [-0.25, -0.2) is 9.78 Å². The van der Waals surface area contributed by atoms with Crippen molar-refractivity contribution in [3.05, 3.63) is 75.1 Å². The molecule has 2 aromatic heterocycles. The van der Waals surface area contributed by atoms with Crippen LogP contribution in [0.25, 0.3) is 22.0 Å². The van der Waals surface area contributed by atoms with Crippen molar-refractivity contribution in [1.82, 2.24) is 4.98 Å². The van der Waals surface area contributed by atoms with Crippen LogP contribution in [0.2, 0.25) is 5.02 Å². The summed E-state index contributed by atoms with van der Waals surface area (Å²) < 4.78 is 5.27. The molecule has 2 heterocycles. The molecule has 5 nitrogen and oxygen atoms in total. The third kappa shape index (κ3) is 5.69. The zero-order valence-corrected chi connectivity index (χ0v) is 22.3. The number of halogens is 1. The Balaban J connectivity index is 1.54. The van der Waals surface area contributed by atoms with Crippen molar-refractivity contribution in [2.75, 3.05) is 17.7 Å². The van der Waals surface area contributed by atoms with Crippen LogP contribution >= 0.6 is 34.7 Å². The Bertz CT molecular complexity index is 1410. The highest BCUT2D eigenvalue weighted by Gasteiger charge is 2.23. The van der Waals surface area contributed by atoms with Crippen molar-refractivity contribution in [3.63, 3.8) is 0 Å². The second kappa shape index (κ2) is 10.8. The highest BCUT2D eigenvalue weighted by molar-refractivity contribution is 7.99. The van der Waals surface area contributed by atoms with Gasteiger partial charge < -0.3 is 10.1 Å². The minimum Gasteiger partial charge on any atom is -0.462 e. The number of ether oxygens (including phenoxy) is 1. The second-order valence-corrected chi connectivity index (χ2v) is 10.5. The lowest BCUT2D eigenvalue weighted by Crippen LogP contribution is -2.16. The fourth-order valence-electron chi connectivity index (χ4n) is 3.89. The smallest absolute Gasteiger partial charge is 0.341 e. The summed E-state index contributed by atoms with van der Waals surface area (Å²) in [5, 5.41) is 7.73. The number of amides is 1. The summed E-state index contributed by atoms with van der Waals surface area (Å²) in [4.78, 5) is 30.4. The number of anilines is 1. The molecule has 0 aliphatic rings. The molecule has 0 saturated heterocycles. The van der Waals surface area contributed by atoms with E-state index in [0.717, 1.165) is 32.6 Å². The lowest BCUT2D eigenvalue weighted by atomic mass is 10.0. The van der Waals surface area contributed by atoms with Gasteiger partial charge in [0.05, 0.1) is 22.9 Å². The molecule has 0 aliphatic heterocycles. The van der Waals surface area contributed by atoms with E-state index in [1.54, 1.807) is 19.1 Å². The number of esters is 1. The first-order valence-corrected chi connectivity index (χ1v) is 13.4. The maximum absolute atomic E-state index is 12.8. The quantitative estimate of drug-likeness (QED) is 0.201. The summed E-state index contributed by atoms with van der Waals surface area (Å²) in [7, 11) is 0. The van der Waals surface area contributed by atoms with E-state index in [1.165, 1.54) is 28.7 Å². The van der Waals surface area contributed by atoms with Crippen LogP contribution in [0.5, 0.6) is 0 Å². The molecule has 0 unspecified atom stereocenters. The summed E-state index contributed by atoms with van der Waals surface area (Å²) in [5.41, 5.74) is 6.27. The molecule has 180 valence electrons. The van der Waals surface area contributed by atoms with Crippen LogP contribution in [0, 0.1) is 20.8 Å². The third-order valence-electron chi connectivity index (χ3n) is 5.46. The number of benzene rings is 2. The van der Waals surface area contributed by atoms with Gasteiger partial charge in [-0.1, -0.05) is 47.1 Å². The van der Waals surface area contributed by atoms with Crippen LogP contribution in [-0.4, -0.2) is 29.2 Å². The van der Waals surface area contributed by atoms with Crippen molar-refractivity contribution in [2.24, 2.45) is 0 Å². The number of carbonyl (C=O) groups is 2. The molecule has 8 heteroatoms. The first-order valence-electron chi connectivity index (χ1n) is 11.1. The van der Waals surface area contributed by atoms with Crippen LogP contribution in [0.3, 0.4) is 0 Å². The Labute approximate surface area is 217 Å². The van der Waals surface area contributed by atoms with Crippen molar-refractivity contribution in [2.45, 2.75) is 32.7 Å². The van der Waals surface area contributed by atoms with Gasteiger partial charge in [0, 0.05) is 21.4 Å². The number of hydrogen-bond donors (Lipinski definition) is 1. The van der Waals surface area contributed by atoms with E-state index < -0.39 is 5.97 Å². The van der Waals surface area contributed by atoms with Gasteiger partial charge in [-0.2, -0.15) is 0 Å². The number of aromatic nitrogens is 1. The van der Waals surface area contributed by atoms with Crippen LogP contribution < -0.4 is 5.32 Å². The molecule has 0 bridgehead atoms. The van der Waals surface area contributed by atoms with E-state index in [-0.39, 0.29) is 18.3 Å². The Morgan fingerprint density at radius 1 is 1.09 bits per heavy atom. The Kier molecular flexibility index (Phi) is 7.79. The Hall–Kier alpha value is -2.87. The van der Waals surface area contributed by atoms with E-state index in [0.29, 0.717) is 21.2 Å². The molecule has 0 atom stereocenters. The van der Waals surface area contributed by atoms with Gasteiger partial charge in [-0.3, -0.25) is 4.79 Å². The maximum atomic E-state index is 12.8. The number of nitrogens with one attached hydrogen (secondary N) is 1. The summed E-state index contributed by atoms with van der Waals surface area (Å²) in [6.07, 6.45) is 0. The third-order valence-corrected chi connectivity index (χ3v) is 7.52. The number of aryl methyl sites for hydroxylation is 3. The molecule has 1 amide bonds. The molecule has 1 N–H and O–H groups in total. The van der Waals surface area contributed by atoms with Crippen LogP contribution in [0.1, 0.15) is 34.0 Å². The summed E-state index contributed by atoms with van der Waals surface area (Å²) >= 11 is 8.68. The molecular formula is C27H25ClN2O3S2. The maximum Gasteiger partial charge on any atom is 0.341 e. The number of fused-ring (bicyclic) bond motifs is 1. The standard InChI is InChI=1S/C27H25ClN2O3S2/c1-5-33-27(32)24-21(18-6-8-19(28)9-7-18)13-35-26(24)29-22(31)14-34-23-12-16(3)20-11-15(2)10-17(4)25(20)30-23/h6-13H,5,14H2,1-4H3,(H,29,31). The van der Waals surface area contributed by atoms with Gasteiger partial charge in [0.25, 0.3) is 0 Å². The highest BCUT2D eigenvalue weighted by atomic mass is 35.5. The zero-order chi connectivity index (χ0) is 25.1. The molecular weight excluding hydrogens is 500 g/mol. The number of pyridine rings is 1. The predicted octanol–water partition coefficient (Wildman–Crippen LogP) is 7.45. The molecule has 0 radical (unpaired) electrons. The fourth-order valence-corrected chi connectivity index (χ4v) is 5.75. The van der Waals surface area contributed by atoms with Crippen molar-refractivity contribution in [3.8, 4) is 11.1 Å². The van der Waals surface area contributed by atoms with Gasteiger partial charge in [-0.15, -0.1) is 11.3 Å². The second-order valence-electron chi connectivity index (χ2n) is 8.17. The number of hydrogen-bond acceptors (Lipinski definition) is 6. The fraction of sp³-hybridized carbons (Fsp3) is 0.222. The molecule has 0 aliphatic carbocycles. The Morgan fingerprint density at radius 3 is 2.54 bits per heavy atom. The molecule has 4 rings (SSSR count). The van der Waals surface area contributed by atoms with Gasteiger partial charge in [0.15, 0.2) is 0 Å². The van der Waals surface area contributed by atoms with Gasteiger partial charge in [0.1, 0.15) is 10.6 Å². The van der Waals surface area contributed by atoms with Crippen molar-refractivity contribution in [1.29, 1.82) is 0 Å². The van der Waals surface area contributed by atoms with Crippen LogP contribution in [0.15, 0.2) is 52.9 Å². The minimum absolute atomic E-state index is 0.166. The predicted molar refractivity (Wildman–Crippen MR) is 146 cm³/mol. The average molecular weight is 525 g/mol. The first kappa shape index (κ1) is 25.2. The number of carbonyl (C=O) groups excluding carboxylic acids is 2. The largest absolute Gasteiger partial charge is 0.462 e. The molecule has 4 aromatic rings. The lowest BCUT2D eigenvalue weighted by Gasteiger charge is -2.10.